The molecule has 0 N–H and O–H groups in total. The molecule has 0 unspecified atom stereocenters. The molecule has 0 aliphatic carbocycles. The Morgan fingerprint density at radius 1 is 1.43 bits per heavy atom. The van der Waals surface area contributed by atoms with E-state index in [4.69, 9.17) is 9.47 Å². The topological polar surface area (TPSA) is 48.4 Å². The molecule has 0 fully saturated rings. The van der Waals surface area contributed by atoms with Gasteiger partial charge >= 0.3 is 5.97 Å². The van der Waals surface area contributed by atoms with Gasteiger partial charge in [0, 0.05) is 6.20 Å². The van der Waals surface area contributed by atoms with Gasteiger partial charge in [0.15, 0.2) is 0 Å². The van der Waals surface area contributed by atoms with Gasteiger partial charge in [-0.05, 0) is 26.0 Å². The molecule has 0 atom stereocenters. The van der Waals surface area contributed by atoms with E-state index in [0.29, 0.717) is 24.7 Å². The van der Waals surface area contributed by atoms with Crippen LogP contribution in [0.4, 0.5) is 0 Å². The van der Waals surface area contributed by atoms with E-state index < -0.39 is 5.97 Å². The summed E-state index contributed by atoms with van der Waals surface area (Å²) in [5.74, 6) is -0.0718. The highest BCUT2D eigenvalue weighted by molar-refractivity contribution is 5.91. The standard InChI is InChI=1S/C10H13NO3/c1-3-13-9-8(6-5-7-11-9)10(12)14-4-2/h5-7H,3-4H2,1-2H3. The molecule has 1 heterocycles. The fraction of sp³-hybridized carbons (Fsp3) is 0.400. The van der Waals surface area contributed by atoms with Gasteiger partial charge in [-0.15, -0.1) is 0 Å². The van der Waals surface area contributed by atoms with E-state index in [1.807, 2.05) is 6.92 Å². The minimum atomic E-state index is -0.399. The average Bonchev–Trinajstić information content (AvgIpc) is 2.19. The van der Waals surface area contributed by atoms with Crippen molar-refractivity contribution >= 4 is 5.97 Å². The molecule has 4 heteroatoms. The summed E-state index contributed by atoms with van der Waals surface area (Å²) in [7, 11) is 0. The van der Waals surface area contributed by atoms with Gasteiger partial charge in [0.25, 0.3) is 0 Å². The van der Waals surface area contributed by atoms with Crippen LogP contribution in [0.3, 0.4) is 0 Å². The molecular weight excluding hydrogens is 182 g/mol. The number of aromatic nitrogens is 1. The Morgan fingerprint density at radius 3 is 2.86 bits per heavy atom. The first-order chi connectivity index (χ1) is 6.79. The van der Waals surface area contributed by atoms with Crippen molar-refractivity contribution in [1.29, 1.82) is 0 Å². The number of rotatable bonds is 4. The molecule has 0 aliphatic rings. The van der Waals surface area contributed by atoms with Gasteiger partial charge in [0.05, 0.1) is 13.2 Å². The molecule has 4 nitrogen and oxygen atoms in total. The summed E-state index contributed by atoms with van der Waals surface area (Å²) >= 11 is 0. The molecule has 1 aromatic rings. The average molecular weight is 195 g/mol. The van der Waals surface area contributed by atoms with Crippen LogP contribution in [-0.4, -0.2) is 24.2 Å². The van der Waals surface area contributed by atoms with Crippen LogP contribution in [0, 0.1) is 0 Å². The largest absolute Gasteiger partial charge is 0.477 e. The quantitative estimate of drug-likeness (QED) is 0.685. The lowest BCUT2D eigenvalue weighted by atomic mass is 10.3. The van der Waals surface area contributed by atoms with Gasteiger partial charge in [-0.1, -0.05) is 0 Å². The third kappa shape index (κ3) is 2.45. The number of hydrogen-bond acceptors (Lipinski definition) is 4. The summed E-state index contributed by atoms with van der Waals surface area (Å²) in [6, 6.07) is 3.31. The molecule has 0 radical (unpaired) electrons. The maximum atomic E-state index is 11.4. The number of ether oxygens (including phenoxy) is 2. The van der Waals surface area contributed by atoms with Crippen LogP contribution in [0.25, 0.3) is 0 Å². The highest BCUT2D eigenvalue weighted by Gasteiger charge is 2.13. The maximum Gasteiger partial charge on any atom is 0.343 e. The Kier molecular flexibility index (Phi) is 3.91. The summed E-state index contributed by atoms with van der Waals surface area (Å²) in [5.41, 5.74) is 0.371. The first kappa shape index (κ1) is 10.5. The monoisotopic (exact) mass is 195 g/mol. The molecule has 0 aliphatic heterocycles. The molecule has 0 saturated carbocycles. The predicted octanol–water partition coefficient (Wildman–Crippen LogP) is 1.66. The van der Waals surface area contributed by atoms with Crippen LogP contribution in [0.2, 0.25) is 0 Å². The smallest absolute Gasteiger partial charge is 0.343 e. The number of carbonyl (C=O) groups is 1. The maximum absolute atomic E-state index is 11.4. The Balaban J connectivity index is 2.88. The van der Waals surface area contributed by atoms with Crippen LogP contribution in [-0.2, 0) is 4.74 Å². The van der Waals surface area contributed by atoms with Crippen molar-refractivity contribution in [2.24, 2.45) is 0 Å². The summed E-state index contributed by atoms with van der Waals surface area (Å²) in [6.45, 7) is 4.42. The zero-order valence-corrected chi connectivity index (χ0v) is 8.32. The molecule has 1 aromatic heterocycles. The lowest BCUT2D eigenvalue weighted by molar-refractivity contribution is 0.0521. The lowest BCUT2D eigenvalue weighted by Gasteiger charge is -2.07. The second-order valence-corrected chi connectivity index (χ2v) is 2.51. The Bertz CT molecular complexity index is 312. The predicted molar refractivity (Wildman–Crippen MR) is 51.4 cm³/mol. The summed E-state index contributed by atoms with van der Waals surface area (Å²) < 4.78 is 10.0. The minimum absolute atomic E-state index is 0.327. The summed E-state index contributed by atoms with van der Waals surface area (Å²) in [4.78, 5) is 15.3. The van der Waals surface area contributed by atoms with E-state index in [1.54, 1.807) is 25.3 Å². The molecule has 0 amide bonds. The Labute approximate surface area is 82.9 Å². The van der Waals surface area contributed by atoms with Crippen LogP contribution in [0.5, 0.6) is 5.88 Å². The molecule has 1 rings (SSSR count). The SMILES string of the molecule is CCOC(=O)c1cccnc1OCC. The number of nitrogens with zero attached hydrogens (tertiary/aromatic N) is 1. The van der Waals surface area contributed by atoms with Crippen LogP contribution < -0.4 is 4.74 Å². The van der Waals surface area contributed by atoms with E-state index in [1.165, 1.54) is 0 Å². The van der Waals surface area contributed by atoms with Crippen LogP contribution >= 0.6 is 0 Å². The lowest BCUT2D eigenvalue weighted by Crippen LogP contribution is -2.08. The molecule has 0 aromatic carbocycles. The van der Waals surface area contributed by atoms with Gasteiger partial charge in [-0.25, -0.2) is 9.78 Å². The van der Waals surface area contributed by atoms with E-state index in [0.717, 1.165) is 0 Å². The number of pyridine rings is 1. The first-order valence-electron chi connectivity index (χ1n) is 4.54. The van der Waals surface area contributed by atoms with Gasteiger partial charge < -0.3 is 9.47 Å². The number of carbonyl (C=O) groups excluding carboxylic acids is 1. The van der Waals surface area contributed by atoms with Crippen molar-refractivity contribution in [2.75, 3.05) is 13.2 Å². The van der Waals surface area contributed by atoms with Crippen molar-refractivity contribution in [3.63, 3.8) is 0 Å². The normalized spacial score (nSPS) is 9.57. The Morgan fingerprint density at radius 2 is 2.21 bits per heavy atom. The van der Waals surface area contributed by atoms with Crippen molar-refractivity contribution < 1.29 is 14.3 Å². The second kappa shape index (κ2) is 5.21. The zero-order valence-electron chi connectivity index (χ0n) is 8.32. The van der Waals surface area contributed by atoms with Gasteiger partial charge in [0.2, 0.25) is 5.88 Å². The van der Waals surface area contributed by atoms with E-state index >= 15 is 0 Å². The Hall–Kier alpha value is -1.58. The molecular formula is C10H13NO3. The van der Waals surface area contributed by atoms with E-state index in [9.17, 15) is 4.79 Å². The van der Waals surface area contributed by atoms with Gasteiger partial charge in [-0.3, -0.25) is 0 Å². The second-order valence-electron chi connectivity index (χ2n) is 2.51. The van der Waals surface area contributed by atoms with Crippen LogP contribution in [0.15, 0.2) is 18.3 Å². The molecule has 76 valence electrons. The minimum Gasteiger partial charge on any atom is -0.477 e. The molecule has 14 heavy (non-hydrogen) atoms. The third-order valence-electron chi connectivity index (χ3n) is 1.55. The van der Waals surface area contributed by atoms with Crippen molar-refractivity contribution in [2.45, 2.75) is 13.8 Å². The third-order valence-corrected chi connectivity index (χ3v) is 1.55. The highest BCUT2D eigenvalue weighted by atomic mass is 16.5. The number of hydrogen-bond donors (Lipinski definition) is 0. The fourth-order valence-corrected chi connectivity index (χ4v) is 1.01. The molecule has 0 spiro atoms. The van der Waals surface area contributed by atoms with Crippen molar-refractivity contribution in [3.05, 3.63) is 23.9 Å². The van der Waals surface area contributed by atoms with Crippen molar-refractivity contribution in [3.8, 4) is 5.88 Å². The summed E-state index contributed by atoms with van der Waals surface area (Å²) in [6.07, 6.45) is 1.58. The number of esters is 1. The van der Waals surface area contributed by atoms with E-state index in [2.05, 4.69) is 4.98 Å². The van der Waals surface area contributed by atoms with E-state index in [-0.39, 0.29) is 0 Å². The van der Waals surface area contributed by atoms with Crippen molar-refractivity contribution in [1.82, 2.24) is 4.98 Å². The fourth-order valence-electron chi connectivity index (χ4n) is 1.01. The molecule has 0 bridgehead atoms. The highest BCUT2D eigenvalue weighted by Crippen LogP contribution is 2.15. The van der Waals surface area contributed by atoms with Crippen LogP contribution in [0.1, 0.15) is 24.2 Å². The van der Waals surface area contributed by atoms with Gasteiger partial charge in [0.1, 0.15) is 5.56 Å². The zero-order chi connectivity index (χ0) is 10.4. The summed E-state index contributed by atoms with van der Waals surface area (Å²) in [5, 5.41) is 0. The first-order valence-corrected chi connectivity index (χ1v) is 4.54. The molecule has 0 saturated heterocycles. The van der Waals surface area contributed by atoms with Gasteiger partial charge in [-0.2, -0.15) is 0 Å².